The average molecular weight is 379 g/mol. The molecule has 0 spiro atoms. The number of carboxylic acid groups (broad SMARTS) is 1. The molecule has 0 aliphatic carbocycles. The second-order valence-corrected chi connectivity index (χ2v) is 7.23. The fraction of sp³-hybridized carbons (Fsp3) is 0.318. The Balaban J connectivity index is 1.57. The summed E-state index contributed by atoms with van der Waals surface area (Å²) in [5.41, 5.74) is 3.98. The highest BCUT2D eigenvalue weighted by Gasteiger charge is 2.32. The Bertz CT molecular complexity index is 990. The molecule has 0 amide bonds. The molecule has 2 heterocycles. The van der Waals surface area contributed by atoms with Crippen LogP contribution in [0.5, 0.6) is 5.75 Å². The van der Waals surface area contributed by atoms with Crippen molar-refractivity contribution >= 4 is 22.6 Å². The summed E-state index contributed by atoms with van der Waals surface area (Å²) in [5, 5.41) is 11.0. The summed E-state index contributed by atoms with van der Waals surface area (Å²) < 4.78 is 5.48. The van der Waals surface area contributed by atoms with Crippen LogP contribution in [0.2, 0.25) is 0 Å². The zero-order chi connectivity index (χ0) is 19.7. The molecule has 2 N–H and O–H groups in total. The second kappa shape index (κ2) is 7.56. The molecule has 3 aromatic rings. The highest BCUT2D eigenvalue weighted by molar-refractivity contribution is 5.89. The summed E-state index contributed by atoms with van der Waals surface area (Å²) in [6, 6.07) is 13.4. The number of carboxylic acids is 1. The van der Waals surface area contributed by atoms with E-state index in [-0.39, 0.29) is 0 Å². The second-order valence-electron chi connectivity index (χ2n) is 7.23. The van der Waals surface area contributed by atoms with E-state index in [4.69, 9.17) is 4.74 Å². The monoisotopic (exact) mass is 379 g/mol. The van der Waals surface area contributed by atoms with Crippen LogP contribution in [0.25, 0.3) is 10.9 Å². The van der Waals surface area contributed by atoms with Crippen molar-refractivity contribution in [3.05, 3.63) is 59.8 Å². The van der Waals surface area contributed by atoms with E-state index in [0.717, 1.165) is 46.6 Å². The van der Waals surface area contributed by atoms with E-state index in [1.165, 1.54) is 0 Å². The summed E-state index contributed by atoms with van der Waals surface area (Å²) in [6.45, 7) is 4.89. The van der Waals surface area contributed by atoms with E-state index >= 15 is 0 Å². The van der Waals surface area contributed by atoms with Crippen molar-refractivity contribution < 1.29 is 14.6 Å². The molecule has 0 radical (unpaired) electrons. The van der Waals surface area contributed by atoms with Gasteiger partial charge in [-0.25, -0.2) is 0 Å². The average Bonchev–Trinajstić information content (AvgIpc) is 3.11. The van der Waals surface area contributed by atoms with Gasteiger partial charge in [0.05, 0.1) is 12.8 Å². The zero-order valence-electron chi connectivity index (χ0n) is 16.2. The molecule has 6 heteroatoms. The maximum atomic E-state index is 12.2. The molecular formula is C22H25N3O3. The molecule has 146 valence electrons. The molecule has 0 bridgehead atoms. The number of aliphatic carboxylic acids is 1. The highest BCUT2D eigenvalue weighted by atomic mass is 16.5. The smallest absolute Gasteiger partial charge is 0.325 e. The molecular weight excluding hydrogens is 354 g/mol. The summed E-state index contributed by atoms with van der Waals surface area (Å²) in [6.07, 6.45) is 1.84. The Morgan fingerprint density at radius 3 is 2.61 bits per heavy atom. The van der Waals surface area contributed by atoms with Gasteiger partial charge in [-0.2, -0.15) is 0 Å². The number of rotatable bonds is 5. The van der Waals surface area contributed by atoms with Gasteiger partial charge in [0.1, 0.15) is 11.8 Å². The number of aromatic nitrogens is 1. The Labute approximate surface area is 164 Å². The molecule has 0 saturated carbocycles. The van der Waals surface area contributed by atoms with Crippen LogP contribution in [0.3, 0.4) is 0 Å². The number of benzene rings is 2. The summed E-state index contributed by atoms with van der Waals surface area (Å²) in [7, 11) is 1.68. The van der Waals surface area contributed by atoms with E-state index < -0.39 is 12.0 Å². The van der Waals surface area contributed by atoms with Gasteiger partial charge in [-0.05, 0) is 31.2 Å². The molecule has 0 unspecified atom stereocenters. The first-order valence-corrected chi connectivity index (χ1v) is 9.51. The van der Waals surface area contributed by atoms with E-state index in [0.29, 0.717) is 13.1 Å². The standard InChI is InChI=1S/C22H25N3O3/c1-15-7-8-18-16(13-15)17(14-23-18)21(22(26)27)25-11-9-24(10-12-25)19-5-3-4-6-20(19)28-2/h3-8,13-14,21,23H,9-12H2,1-2H3,(H,26,27)/t21-/m1/s1. The lowest BCUT2D eigenvalue weighted by Gasteiger charge is -2.39. The number of para-hydroxylation sites is 2. The van der Waals surface area contributed by atoms with Gasteiger partial charge in [-0.15, -0.1) is 0 Å². The molecule has 1 aromatic heterocycles. The molecule has 1 saturated heterocycles. The van der Waals surface area contributed by atoms with Crippen LogP contribution in [-0.4, -0.2) is 54.2 Å². The predicted molar refractivity (Wildman–Crippen MR) is 110 cm³/mol. The van der Waals surface area contributed by atoms with Gasteiger partial charge in [0, 0.05) is 48.8 Å². The number of methoxy groups -OCH3 is 1. The van der Waals surface area contributed by atoms with Gasteiger partial charge < -0.3 is 19.7 Å². The number of aromatic amines is 1. The van der Waals surface area contributed by atoms with Gasteiger partial charge >= 0.3 is 5.97 Å². The number of anilines is 1. The molecule has 1 aliphatic heterocycles. The van der Waals surface area contributed by atoms with Crippen molar-refractivity contribution in [2.24, 2.45) is 0 Å². The van der Waals surface area contributed by atoms with Crippen LogP contribution >= 0.6 is 0 Å². The third-order valence-electron chi connectivity index (χ3n) is 5.50. The molecule has 1 aliphatic rings. The number of piperazine rings is 1. The maximum Gasteiger partial charge on any atom is 0.325 e. The Morgan fingerprint density at radius 1 is 1.14 bits per heavy atom. The molecule has 2 aromatic carbocycles. The minimum Gasteiger partial charge on any atom is -0.495 e. The van der Waals surface area contributed by atoms with Crippen LogP contribution in [0.1, 0.15) is 17.2 Å². The zero-order valence-corrected chi connectivity index (χ0v) is 16.2. The summed E-state index contributed by atoms with van der Waals surface area (Å²) in [5.74, 6) is 0.0333. The van der Waals surface area contributed by atoms with E-state index in [9.17, 15) is 9.90 Å². The fourth-order valence-electron chi connectivity index (χ4n) is 4.08. The minimum atomic E-state index is -0.812. The van der Waals surface area contributed by atoms with Crippen LogP contribution in [-0.2, 0) is 4.79 Å². The van der Waals surface area contributed by atoms with Crippen molar-refractivity contribution in [1.82, 2.24) is 9.88 Å². The van der Waals surface area contributed by atoms with Crippen LogP contribution in [0.15, 0.2) is 48.7 Å². The quantitative estimate of drug-likeness (QED) is 0.711. The molecule has 1 atom stereocenters. The van der Waals surface area contributed by atoms with Crippen molar-refractivity contribution in [3.63, 3.8) is 0 Å². The Morgan fingerprint density at radius 2 is 1.89 bits per heavy atom. The van der Waals surface area contributed by atoms with Crippen molar-refractivity contribution in [2.45, 2.75) is 13.0 Å². The summed E-state index contributed by atoms with van der Waals surface area (Å²) in [4.78, 5) is 19.7. The van der Waals surface area contributed by atoms with E-state index in [2.05, 4.69) is 20.9 Å². The highest BCUT2D eigenvalue weighted by Crippen LogP contribution is 2.32. The van der Waals surface area contributed by atoms with Crippen LogP contribution < -0.4 is 9.64 Å². The normalized spacial score (nSPS) is 16.3. The SMILES string of the molecule is COc1ccccc1N1CCN([C@@H](C(=O)O)c2c[nH]c3ccc(C)cc23)CC1. The Hall–Kier alpha value is -2.99. The van der Waals surface area contributed by atoms with Crippen molar-refractivity contribution in [1.29, 1.82) is 0 Å². The van der Waals surface area contributed by atoms with Gasteiger partial charge in [0.2, 0.25) is 0 Å². The number of carbonyl (C=O) groups is 1. The molecule has 1 fully saturated rings. The van der Waals surface area contributed by atoms with Crippen molar-refractivity contribution in [2.75, 3.05) is 38.2 Å². The number of nitrogens with zero attached hydrogens (tertiary/aromatic N) is 2. The fourth-order valence-corrected chi connectivity index (χ4v) is 4.08. The number of hydrogen-bond acceptors (Lipinski definition) is 4. The largest absolute Gasteiger partial charge is 0.495 e. The predicted octanol–water partition coefficient (Wildman–Crippen LogP) is 3.43. The van der Waals surface area contributed by atoms with Crippen LogP contribution in [0, 0.1) is 6.92 Å². The van der Waals surface area contributed by atoms with E-state index in [1.807, 2.05) is 49.5 Å². The molecule has 28 heavy (non-hydrogen) atoms. The number of nitrogens with one attached hydrogen (secondary N) is 1. The van der Waals surface area contributed by atoms with Crippen LogP contribution in [0.4, 0.5) is 5.69 Å². The molecule has 6 nitrogen and oxygen atoms in total. The van der Waals surface area contributed by atoms with Crippen molar-refractivity contribution in [3.8, 4) is 5.75 Å². The topological polar surface area (TPSA) is 68.8 Å². The molecule has 4 rings (SSSR count). The van der Waals surface area contributed by atoms with Gasteiger partial charge in [-0.1, -0.05) is 23.8 Å². The lowest BCUT2D eigenvalue weighted by molar-refractivity contribution is -0.143. The van der Waals surface area contributed by atoms with E-state index in [1.54, 1.807) is 7.11 Å². The maximum absolute atomic E-state index is 12.2. The van der Waals surface area contributed by atoms with Gasteiger partial charge in [0.15, 0.2) is 0 Å². The first kappa shape index (κ1) is 18.4. The third-order valence-corrected chi connectivity index (χ3v) is 5.50. The first-order valence-electron chi connectivity index (χ1n) is 9.51. The minimum absolute atomic E-state index is 0.657. The number of ether oxygens (including phenoxy) is 1. The number of aryl methyl sites for hydroxylation is 1. The third kappa shape index (κ3) is 3.31. The Kier molecular flexibility index (Phi) is 4.96. The first-order chi connectivity index (χ1) is 13.6. The number of fused-ring (bicyclic) bond motifs is 1. The number of hydrogen-bond donors (Lipinski definition) is 2. The van der Waals surface area contributed by atoms with Gasteiger partial charge in [-0.3, -0.25) is 9.69 Å². The van der Waals surface area contributed by atoms with Gasteiger partial charge in [0.25, 0.3) is 0 Å². The lowest BCUT2D eigenvalue weighted by atomic mass is 10.0. The lowest BCUT2D eigenvalue weighted by Crippen LogP contribution is -2.49. The number of H-pyrrole nitrogens is 1. The summed E-state index contributed by atoms with van der Waals surface area (Å²) >= 11 is 0.